The van der Waals surface area contributed by atoms with E-state index >= 15 is 0 Å². The highest BCUT2D eigenvalue weighted by Gasteiger charge is 2.19. The first-order valence-electron chi connectivity index (χ1n) is 7.24. The molecule has 1 aromatic heterocycles. The van der Waals surface area contributed by atoms with Crippen LogP contribution in [0.5, 0.6) is 0 Å². The summed E-state index contributed by atoms with van der Waals surface area (Å²) >= 11 is 1.79. The van der Waals surface area contributed by atoms with Crippen molar-refractivity contribution in [3.63, 3.8) is 0 Å². The lowest BCUT2D eigenvalue weighted by atomic mass is 9.88. The van der Waals surface area contributed by atoms with E-state index in [1.165, 1.54) is 30.4 Å². The number of benzene rings is 1. The van der Waals surface area contributed by atoms with Crippen LogP contribution in [0.2, 0.25) is 0 Å². The smallest absolute Gasteiger partial charge is 0.118 e. The second-order valence-electron chi connectivity index (χ2n) is 5.33. The Morgan fingerprint density at radius 2 is 2.05 bits per heavy atom. The third-order valence-corrected chi connectivity index (χ3v) is 4.47. The van der Waals surface area contributed by atoms with Gasteiger partial charge < -0.3 is 9.73 Å². The first-order chi connectivity index (χ1) is 9.86. The minimum atomic E-state index is 0.467. The molecule has 1 unspecified atom stereocenters. The second kappa shape index (κ2) is 6.51. The maximum atomic E-state index is 5.82. The van der Waals surface area contributed by atoms with Crippen molar-refractivity contribution in [3.05, 3.63) is 59.0 Å². The Bertz CT molecular complexity index is 564. The highest BCUT2D eigenvalue weighted by molar-refractivity contribution is 7.97. The number of fused-ring (bicyclic) bond motifs is 1. The van der Waals surface area contributed by atoms with E-state index in [-0.39, 0.29) is 0 Å². The number of aryl methyl sites for hydroxylation is 1. The molecule has 0 amide bonds. The Morgan fingerprint density at radius 3 is 2.95 bits per heavy atom. The predicted molar refractivity (Wildman–Crippen MR) is 84.9 cm³/mol. The molecule has 1 aliphatic carbocycles. The van der Waals surface area contributed by atoms with Crippen molar-refractivity contribution in [1.29, 1.82) is 0 Å². The number of rotatable bonds is 5. The monoisotopic (exact) mass is 287 g/mol. The summed E-state index contributed by atoms with van der Waals surface area (Å²) in [7, 11) is 0. The van der Waals surface area contributed by atoms with Crippen LogP contribution in [0.1, 0.15) is 41.5 Å². The summed E-state index contributed by atoms with van der Waals surface area (Å²) in [5.74, 6) is 3.06. The van der Waals surface area contributed by atoms with Crippen molar-refractivity contribution >= 4 is 11.8 Å². The van der Waals surface area contributed by atoms with Crippen LogP contribution in [0.3, 0.4) is 0 Å². The Hall–Kier alpha value is -1.19. The molecule has 0 radical (unpaired) electrons. The molecule has 106 valence electrons. The van der Waals surface area contributed by atoms with Crippen molar-refractivity contribution in [3.8, 4) is 0 Å². The van der Waals surface area contributed by atoms with Gasteiger partial charge in [-0.1, -0.05) is 24.3 Å². The highest BCUT2D eigenvalue weighted by atomic mass is 32.2. The van der Waals surface area contributed by atoms with Gasteiger partial charge in [0.05, 0.1) is 12.3 Å². The highest BCUT2D eigenvalue weighted by Crippen LogP contribution is 2.29. The third-order valence-electron chi connectivity index (χ3n) is 3.90. The van der Waals surface area contributed by atoms with Gasteiger partial charge in [-0.3, -0.25) is 0 Å². The van der Waals surface area contributed by atoms with E-state index in [2.05, 4.69) is 48.0 Å². The lowest BCUT2D eigenvalue weighted by molar-refractivity contribution is 0.408. The minimum absolute atomic E-state index is 0.467. The molecule has 0 bridgehead atoms. The summed E-state index contributed by atoms with van der Waals surface area (Å²) in [6.07, 6.45) is 5.80. The number of furan rings is 1. The molecule has 1 aromatic carbocycles. The Balaban J connectivity index is 1.64. The van der Waals surface area contributed by atoms with E-state index in [4.69, 9.17) is 4.42 Å². The molecule has 1 heterocycles. The Morgan fingerprint density at radius 1 is 1.20 bits per heavy atom. The SMILES string of the molecule is CSCc1ccc(CNC2CCCc3ccccc32)o1. The van der Waals surface area contributed by atoms with Gasteiger partial charge >= 0.3 is 0 Å². The van der Waals surface area contributed by atoms with Crippen molar-refractivity contribution < 1.29 is 4.42 Å². The molecule has 3 rings (SSSR count). The fraction of sp³-hybridized carbons (Fsp3) is 0.412. The van der Waals surface area contributed by atoms with E-state index in [0.717, 1.165) is 23.8 Å². The molecule has 0 saturated heterocycles. The molecule has 1 atom stereocenters. The summed E-state index contributed by atoms with van der Waals surface area (Å²) in [4.78, 5) is 0. The van der Waals surface area contributed by atoms with Gasteiger partial charge in [-0.15, -0.1) is 0 Å². The van der Waals surface area contributed by atoms with Crippen LogP contribution < -0.4 is 5.32 Å². The molecule has 3 heteroatoms. The third kappa shape index (κ3) is 3.10. The fourth-order valence-corrected chi connectivity index (χ4v) is 3.37. The number of hydrogen-bond donors (Lipinski definition) is 1. The topological polar surface area (TPSA) is 25.2 Å². The molecule has 2 nitrogen and oxygen atoms in total. The van der Waals surface area contributed by atoms with Crippen LogP contribution in [-0.4, -0.2) is 6.26 Å². The quantitative estimate of drug-likeness (QED) is 0.887. The van der Waals surface area contributed by atoms with Crippen molar-refractivity contribution in [2.45, 2.75) is 37.6 Å². The number of hydrogen-bond acceptors (Lipinski definition) is 3. The van der Waals surface area contributed by atoms with Crippen LogP contribution in [0, 0.1) is 0 Å². The van der Waals surface area contributed by atoms with Gasteiger partial charge in [0.2, 0.25) is 0 Å². The van der Waals surface area contributed by atoms with Crippen molar-refractivity contribution in [1.82, 2.24) is 5.32 Å². The van der Waals surface area contributed by atoms with Gasteiger partial charge in [0.15, 0.2) is 0 Å². The summed E-state index contributed by atoms with van der Waals surface area (Å²) in [6, 6.07) is 13.4. The maximum absolute atomic E-state index is 5.82. The average molecular weight is 287 g/mol. The van der Waals surface area contributed by atoms with Crippen LogP contribution in [-0.2, 0) is 18.7 Å². The zero-order chi connectivity index (χ0) is 13.8. The lowest BCUT2D eigenvalue weighted by Crippen LogP contribution is -2.24. The molecule has 1 aliphatic rings. The van der Waals surface area contributed by atoms with Crippen LogP contribution in [0.4, 0.5) is 0 Å². The standard InChI is InChI=1S/C17H21NOS/c1-20-12-15-10-9-14(19-15)11-18-17-8-4-6-13-5-2-3-7-16(13)17/h2-3,5,7,9-10,17-18H,4,6,8,11-12H2,1H3. The fourth-order valence-electron chi connectivity index (χ4n) is 2.93. The first-order valence-corrected chi connectivity index (χ1v) is 8.64. The molecular formula is C17H21NOS. The average Bonchev–Trinajstić information content (AvgIpc) is 2.93. The number of thioether (sulfide) groups is 1. The van der Waals surface area contributed by atoms with Gasteiger partial charge in [-0.05, 0) is 48.8 Å². The molecule has 0 aliphatic heterocycles. The van der Waals surface area contributed by atoms with Gasteiger partial charge in [0, 0.05) is 6.04 Å². The maximum Gasteiger partial charge on any atom is 0.118 e. The second-order valence-corrected chi connectivity index (χ2v) is 6.19. The Labute approximate surface area is 125 Å². The molecule has 0 fully saturated rings. The summed E-state index contributed by atoms with van der Waals surface area (Å²) in [5.41, 5.74) is 2.97. The number of nitrogens with one attached hydrogen (secondary N) is 1. The van der Waals surface area contributed by atoms with Gasteiger partial charge in [0.25, 0.3) is 0 Å². The minimum Gasteiger partial charge on any atom is -0.464 e. The largest absolute Gasteiger partial charge is 0.464 e. The molecule has 0 saturated carbocycles. The molecular weight excluding hydrogens is 266 g/mol. The molecule has 20 heavy (non-hydrogen) atoms. The van der Waals surface area contributed by atoms with E-state index in [1.807, 2.05) is 0 Å². The molecule has 2 aromatic rings. The van der Waals surface area contributed by atoms with E-state index in [9.17, 15) is 0 Å². The van der Waals surface area contributed by atoms with Crippen LogP contribution in [0.15, 0.2) is 40.8 Å². The first kappa shape index (κ1) is 13.8. The molecule has 0 spiro atoms. The van der Waals surface area contributed by atoms with Gasteiger partial charge in [-0.25, -0.2) is 0 Å². The zero-order valence-corrected chi connectivity index (χ0v) is 12.7. The van der Waals surface area contributed by atoms with Gasteiger partial charge in [-0.2, -0.15) is 11.8 Å². The normalized spacial score (nSPS) is 17.9. The van der Waals surface area contributed by atoms with E-state index < -0.39 is 0 Å². The van der Waals surface area contributed by atoms with Crippen molar-refractivity contribution in [2.75, 3.05) is 6.26 Å². The zero-order valence-electron chi connectivity index (χ0n) is 11.9. The predicted octanol–water partition coefficient (Wildman–Crippen LogP) is 4.31. The Kier molecular flexibility index (Phi) is 4.48. The molecule has 1 N–H and O–H groups in total. The van der Waals surface area contributed by atoms with E-state index in [0.29, 0.717) is 6.04 Å². The summed E-state index contributed by atoms with van der Waals surface area (Å²) < 4.78 is 5.82. The van der Waals surface area contributed by atoms with E-state index in [1.54, 1.807) is 11.8 Å². The summed E-state index contributed by atoms with van der Waals surface area (Å²) in [5, 5.41) is 3.65. The van der Waals surface area contributed by atoms with Gasteiger partial charge in [0.1, 0.15) is 11.5 Å². The van der Waals surface area contributed by atoms with Crippen LogP contribution >= 0.6 is 11.8 Å². The lowest BCUT2D eigenvalue weighted by Gasteiger charge is -2.26. The van der Waals surface area contributed by atoms with Crippen molar-refractivity contribution in [2.24, 2.45) is 0 Å². The summed E-state index contributed by atoms with van der Waals surface area (Å²) in [6.45, 7) is 0.813. The van der Waals surface area contributed by atoms with Crippen LogP contribution in [0.25, 0.3) is 0 Å².